The third-order valence-corrected chi connectivity index (χ3v) is 4.36. The summed E-state index contributed by atoms with van der Waals surface area (Å²) in [5.41, 5.74) is 0. The van der Waals surface area contributed by atoms with E-state index in [9.17, 15) is 9.59 Å². The molecule has 6 nitrogen and oxygen atoms in total. The molecule has 2 aliphatic rings. The second-order valence-corrected chi connectivity index (χ2v) is 6.26. The predicted octanol–water partition coefficient (Wildman–Crippen LogP) is 1.74. The van der Waals surface area contributed by atoms with Crippen LogP contribution in [0.25, 0.3) is 0 Å². The van der Waals surface area contributed by atoms with Crippen molar-refractivity contribution in [1.29, 1.82) is 0 Å². The van der Waals surface area contributed by atoms with Gasteiger partial charge in [0.2, 0.25) is 11.8 Å². The van der Waals surface area contributed by atoms with Crippen LogP contribution in [0.15, 0.2) is 24.3 Å². The largest absolute Gasteiger partial charge is 0.486 e. The molecule has 2 aliphatic heterocycles. The molecule has 2 heterocycles. The number of hydrogen-bond acceptors (Lipinski definition) is 4. The number of ether oxygens (including phenoxy) is 2. The predicted molar refractivity (Wildman–Crippen MR) is 89.0 cm³/mol. The first kappa shape index (κ1) is 16.6. The minimum absolute atomic E-state index is 0.0694. The number of rotatable bonds is 5. The fourth-order valence-electron chi connectivity index (χ4n) is 3.01. The van der Waals surface area contributed by atoms with Crippen molar-refractivity contribution in [2.24, 2.45) is 0 Å². The topological polar surface area (TPSA) is 67.9 Å². The first-order chi connectivity index (χ1) is 11.7. The summed E-state index contributed by atoms with van der Waals surface area (Å²) in [5, 5.41) is 2.87. The summed E-state index contributed by atoms with van der Waals surface area (Å²) in [7, 11) is 0. The lowest BCUT2D eigenvalue weighted by atomic mass is 10.2. The molecule has 1 aromatic carbocycles. The number of nitrogens with zero attached hydrogens (tertiary/aromatic N) is 1. The van der Waals surface area contributed by atoms with E-state index in [-0.39, 0.29) is 24.5 Å². The van der Waals surface area contributed by atoms with Gasteiger partial charge in [-0.25, -0.2) is 0 Å². The Balaban J connectivity index is 1.39. The number of benzene rings is 1. The van der Waals surface area contributed by atoms with Crippen LogP contribution < -0.4 is 14.8 Å². The Morgan fingerprint density at radius 3 is 2.92 bits per heavy atom. The maximum absolute atomic E-state index is 12.0. The summed E-state index contributed by atoms with van der Waals surface area (Å²) in [5.74, 6) is 1.48. The lowest BCUT2D eigenvalue weighted by Crippen LogP contribution is -2.41. The highest BCUT2D eigenvalue weighted by molar-refractivity contribution is 5.84. The maximum atomic E-state index is 12.0. The third kappa shape index (κ3) is 4.40. The number of hydrogen-bond donors (Lipinski definition) is 1. The Kier molecular flexibility index (Phi) is 5.56. The second-order valence-electron chi connectivity index (χ2n) is 6.26. The average molecular weight is 332 g/mol. The first-order valence-electron chi connectivity index (χ1n) is 8.65. The van der Waals surface area contributed by atoms with E-state index in [1.807, 2.05) is 24.3 Å². The zero-order valence-electron chi connectivity index (χ0n) is 13.8. The van der Waals surface area contributed by atoms with E-state index >= 15 is 0 Å². The highest BCUT2D eigenvalue weighted by Gasteiger charge is 2.21. The molecule has 24 heavy (non-hydrogen) atoms. The molecule has 0 aliphatic carbocycles. The van der Waals surface area contributed by atoms with Crippen LogP contribution in [0.1, 0.15) is 32.1 Å². The Hall–Kier alpha value is -2.24. The van der Waals surface area contributed by atoms with Crippen LogP contribution >= 0.6 is 0 Å². The van der Waals surface area contributed by atoms with E-state index < -0.39 is 0 Å². The van der Waals surface area contributed by atoms with Gasteiger partial charge in [0.25, 0.3) is 0 Å². The lowest BCUT2D eigenvalue weighted by Gasteiger charge is -2.26. The van der Waals surface area contributed by atoms with Gasteiger partial charge in [0, 0.05) is 25.9 Å². The average Bonchev–Trinajstić information content (AvgIpc) is 2.79. The van der Waals surface area contributed by atoms with Crippen LogP contribution in [0.2, 0.25) is 0 Å². The molecule has 0 bridgehead atoms. The molecule has 0 aromatic heterocycles. The molecule has 130 valence electrons. The molecule has 6 heteroatoms. The number of carbonyl (C=O) groups excluding carboxylic acids is 2. The van der Waals surface area contributed by atoms with E-state index in [1.54, 1.807) is 4.90 Å². The lowest BCUT2D eigenvalue weighted by molar-refractivity contribution is -0.135. The molecule has 1 aromatic rings. The molecule has 0 radical (unpaired) electrons. The number of para-hydroxylation sites is 2. The fourth-order valence-corrected chi connectivity index (χ4v) is 3.01. The van der Waals surface area contributed by atoms with E-state index in [1.165, 1.54) is 0 Å². The second kappa shape index (κ2) is 8.04. The standard InChI is InChI=1S/C18H24N2O4/c21-17(12-20-11-5-1-2-8-18(20)22)19-10-9-14-13-23-15-6-3-4-7-16(15)24-14/h3-4,6-7,14H,1-2,5,8-13H2,(H,19,21). The monoisotopic (exact) mass is 332 g/mol. The zero-order valence-corrected chi connectivity index (χ0v) is 13.8. The summed E-state index contributed by atoms with van der Waals surface area (Å²) < 4.78 is 11.5. The number of nitrogens with one attached hydrogen (secondary N) is 1. The van der Waals surface area contributed by atoms with Crippen LogP contribution in [0, 0.1) is 0 Å². The molecule has 1 N–H and O–H groups in total. The van der Waals surface area contributed by atoms with Gasteiger partial charge >= 0.3 is 0 Å². The maximum Gasteiger partial charge on any atom is 0.239 e. The summed E-state index contributed by atoms with van der Waals surface area (Å²) >= 11 is 0. The first-order valence-corrected chi connectivity index (χ1v) is 8.65. The van der Waals surface area contributed by atoms with Crippen LogP contribution in [0.3, 0.4) is 0 Å². The van der Waals surface area contributed by atoms with Crippen molar-refractivity contribution >= 4 is 11.8 Å². The third-order valence-electron chi connectivity index (χ3n) is 4.36. The molecule has 0 saturated carbocycles. The number of likely N-dealkylation sites (tertiary alicyclic amines) is 1. The minimum Gasteiger partial charge on any atom is -0.486 e. The van der Waals surface area contributed by atoms with Gasteiger partial charge in [-0.2, -0.15) is 0 Å². The summed E-state index contributed by atoms with van der Waals surface area (Å²) in [6, 6.07) is 7.58. The Morgan fingerprint density at radius 2 is 2.04 bits per heavy atom. The van der Waals surface area contributed by atoms with Crippen molar-refractivity contribution in [1.82, 2.24) is 10.2 Å². The van der Waals surface area contributed by atoms with Gasteiger partial charge in [-0.3, -0.25) is 9.59 Å². The van der Waals surface area contributed by atoms with E-state index in [4.69, 9.17) is 9.47 Å². The molecule has 1 fully saturated rings. The van der Waals surface area contributed by atoms with Gasteiger partial charge in [-0.15, -0.1) is 0 Å². The van der Waals surface area contributed by atoms with Crippen molar-refractivity contribution in [3.63, 3.8) is 0 Å². The molecule has 2 amide bonds. The van der Waals surface area contributed by atoms with Crippen molar-refractivity contribution < 1.29 is 19.1 Å². The molecular weight excluding hydrogens is 308 g/mol. The smallest absolute Gasteiger partial charge is 0.239 e. The van der Waals surface area contributed by atoms with Gasteiger partial charge in [0.1, 0.15) is 12.7 Å². The van der Waals surface area contributed by atoms with E-state index in [2.05, 4.69) is 5.32 Å². The zero-order chi connectivity index (χ0) is 16.8. The SMILES string of the molecule is O=C(CN1CCCCCC1=O)NCCC1COc2ccccc2O1. The van der Waals surface area contributed by atoms with Gasteiger partial charge < -0.3 is 19.7 Å². The summed E-state index contributed by atoms with van der Waals surface area (Å²) in [4.78, 5) is 25.6. The summed E-state index contributed by atoms with van der Waals surface area (Å²) in [6.45, 7) is 1.83. The fraction of sp³-hybridized carbons (Fsp3) is 0.556. The van der Waals surface area contributed by atoms with Crippen molar-refractivity contribution in [2.75, 3.05) is 26.2 Å². The van der Waals surface area contributed by atoms with Crippen LogP contribution in [0.5, 0.6) is 11.5 Å². The minimum atomic E-state index is -0.109. The molecule has 0 spiro atoms. The molecule has 3 rings (SSSR count). The highest BCUT2D eigenvalue weighted by atomic mass is 16.6. The Labute approximate surface area is 142 Å². The van der Waals surface area contributed by atoms with Gasteiger partial charge in [0.05, 0.1) is 6.54 Å². The molecular formula is C18H24N2O4. The highest BCUT2D eigenvalue weighted by Crippen LogP contribution is 2.31. The van der Waals surface area contributed by atoms with Gasteiger partial charge in [-0.05, 0) is 25.0 Å². The van der Waals surface area contributed by atoms with Crippen LogP contribution in [-0.4, -0.2) is 49.1 Å². The van der Waals surface area contributed by atoms with Crippen molar-refractivity contribution in [3.8, 4) is 11.5 Å². The quantitative estimate of drug-likeness (QED) is 0.892. The van der Waals surface area contributed by atoms with E-state index in [0.717, 1.165) is 30.8 Å². The number of amides is 2. The van der Waals surface area contributed by atoms with Crippen molar-refractivity contribution in [2.45, 2.75) is 38.2 Å². The van der Waals surface area contributed by atoms with Crippen LogP contribution in [-0.2, 0) is 9.59 Å². The Morgan fingerprint density at radius 1 is 1.21 bits per heavy atom. The van der Waals surface area contributed by atoms with Crippen molar-refractivity contribution in [3.05, 3.63) is 24.3 Å². The number of carbonyl (C=O) groups is 2. The molecule has 1 unspecified atom stereocenters. The molecule has 1 saturated heterocycles. The normalized spacial score (nSPS) is 20.4. The van der Waals surface area contributed by atoms with E-state index in [0.29, 0.717) is 32.5 Å². The summed E-state index contributed by atoms with van der Waals surface area (Å²) in [6.07, 6.45) is 4.13. The van der Waals surface area contributed by atoms with Gasteiger partial charge in [-0.1, -0.05) is 18.6 Å². The Bertz CT molecular complexity index is 590. The van der Waals surface area contributed by atoms with Crippen LogP contribution in [0.4, 0.5) is 0 Å². The number of fused-ring (bicyclic) bond motifs is 1. The molecule has 1 atom stereocenters. The van der Waals surface area contributed by atoms with Gasteiger partial charge in [0.15, 0.2) is 11.5 Å².